The van der Waals surface area contributed by atoms with E-state index in [9.17, 15) is 37.1 Å². The van der Waals surface area contributed by atoms with E-state index in [0.29, 0.717) is 54.1 Å². The van der Waals surface area contributed by atoms with Gasteiger partial charge in [-0.1, -0.05) is 6.07 Å². The Hall–Kier alpha value is -6.04. The molecular weight excluding hydrogens is 752 g/mol. The second kappa shape index (κ2) is 14.8. The van der Waals surface area contributed by atoms with Crippen molar-refractivity contribution in [3.8, 4) is 5.75 Å². The number of benzene rings is 3. The lowest BCUT2D eigenvalue weighted by Gasteiger charge is -2.39. The molecule has 1 aliphatic carbocycles. The molecule has 14 nitrogen and oxygen atoms in total. The van der Waals surface area contributed by atoms with Gasteiger partial charge in [-0.05, 0) is 68.0 Å². The molecule has 298 valence electrons. The number of carbonyl (C=O) groups is 5. The van der Waals surface area contributed by atoms with Crippen LogP contribution in [0.3, 0.4) is 0 Å². The van der Waals surface area contributed by atoms with E-state index in [-0.39, 0.29) is 41.4 Å². The third-order valence-corrected chi connectivity index (χ3v) is 11.2. The number of ether oxygens (including phenoxy) is 1. The molecular formula is C39H38F4N8O6. The summed E-state index contributed by atoms with van der Waals surface area (Å²) in [6, 6.07) is 9.76. The number of anilines is 2. The highest BCUT2D eigenvalue weighted by molar-refractivity contribution is 6.22. The highest BCUT2D eigenvalue weighted by Crippen LogP contribution is 2.37. The van der Waals surface area contributed by atoms with Gasteiger partial charge in [-0.2, -0.15) is 23.3 Å². The highest BCUT2D eigenvalue weighted by Gasteiger charge is 2.45. The Labute approximate surface area is 323 Å². The zero-order chi connectivity index (χ0) is 40.2. The molecule has 57 heavy (non-hydrogen) atoms. The fraction of sp³-hybridized carbons (Fsp3) is 0.385. The molecule has 0 spiro atoms. The number of urea groups is 1. The van der Waals surface area contributed by atoms with Crippen LogP contribution in [0.2, 0.25) is 0 Å². The van der Waals surface area contributed by atoms with Crippen LogP contribution in [-0.4, -0.2) is 101 Å². The van der Waals surface area contributed by atoms with Crippen molar-refractivity contribution < 1.29 is 46.3 Å². The molecule has 0 atom stereocenters. The van der Waals surface area contributed by atoms with Gasteiger partial charge in [0.1, 0.15) is 5.75 Å². The number of hydrogen-bond acceptors (Lipinski definition) is 9. The normalized spacial score (nSPS) is 20.6. The maximum Gasteiger partial charge on any atom is 0.416 e. The first-order chi connectivity index (χ1) is 27.3. The van der Waals surface area contributed by atoms with Gasteiger partial charge in [0, 0.05) is 62.4 Å². The van der Waals surface area contributed by atoms with Gasteiger partial charge in [0.25, 0.3) is 17.7 Å². The molecule has 0 unspecified atom stereocenters. The average Bonchev–Trinajstić information content (AvgIpc) is 3.72. The third-order valence-electron chi connectivity index (χ3n) is 11.2. The monoisotopic (exact) mass is 790 g/mol. The van der Waals surface area contributed by atoms with Gasteiger partial charge < -0.3 is 15.0 Å². The number of carbonyl (C=O) groups excluding carboxylic acids is 5. The maximum atomic E-state index is 15.9. The summed E-state index contributed by atoms with van der Waals surface area (Å²) in [6.07, 6.45) is 0.968. The maximum absolute atomic E-state index is 15.9. The molecule has 8 rings (SSSR count). The number of rotatable bonds is 8. The minimum absolute atomic E-state index is 0.0957. The van der Waals surface area contributed by atoms with Crippen LogP contribution in [0.4, 0.5) is 33.7 Å². The van der Waals surface area contributed by atoms with Crippen LogP contribution >= 0.6 is 0 Å². The zero-order valence-electron chi connectivity index (χ0n) is 30.8. The van der Waals surface area contributed by atoms with Gasteiger partial charge in [-0.15, -0.1) is 0 Å². The molecule has 3 fully saturated rings. The van der Waals surface area contributed by atoms with Gasteiger partial charge in [-0.25, -0.2) is 14.2 Å². The van der Waals surface area contributed by atoms with E-state index < -0.39 is 47.2 Å². The SMILES string of the molecule is COc1cc2nn(C3CCC(CN4CCN(c5ccc6c(c5F)C(=O)N(N5CCC(=O)NC5=O)C6=O)CC4)CC3)cc2cc1NC(=O)c1cccc(C(F)(F)F)c1. The van der Waals surface area contributed by atoms with Gasteiger partial charge >= 0.3 is 12.2 Å². The Morgan fingerprint density at radius 2 is 1.70 bits per heavy atom. The molecule has 4 aromatic rings. The van der Waals surface area contributed by atoms with E-state index in [1.165, 1.54) is 31.4 Å². The second-order valence-electron chi connectivity index (χ2n) is 14.7. The van der Waals surface area contributed by atoms with Gasteiger partial charge in [-0.3, -0.25) is 34.1 Å². The van der Waals surface area contributed by atoms with E-state index in [1.807, 2.05) is 15.8 Å². The molecule has 2 N–H and O–H groups in total. The van der Waals surface area contributed by atoms with E-state index in [4.69, 9.17) is 9.84 Å². The summed E-state index contributed by atoms with van der Waals surface area (Å²) in [5, 5.41) is 11.7. The van der Waals surface area contributed by atoms with Crippen LogP contribution in [0, 0.1) is 11.7 Å². The van der Waals surface area contributed by atoms with Gasteiger partial charge in [0.2, 0.25) is 5.91 Å². The number of methoxy groups -OCH3 is 1. The predicted octanol–water partition coefficient (Wildman–Crippen LogP) is 5.46. The number of alkyl halides is 3. The summed E-state index contributed by atoms with van der Waals surface area (Å²) in [5.41, 5.74) is -0.380. The van der Waals surface area contributed by atoms with Crippen LogP contribution in [0.5, 0.6) is 5.75 Å². The van der Waals surface area contributed by atoms with Crippen LogP contribution < -0.4 is 20.3 Å². The Balaban J connectivity index is 0.854. The molecule has 0 radical (unpaired) electrons. The summed E-state index contributed by atoms with van der Waals surface area (Å²) in [6.45, 7) is 3.08. The van der Waals surface area contributed by atoms with Gasteiger partial charge in [0.15, 0.2) is 5.82 Å². The Kier molecular flexibility index (Phi) is 9.83. The number of nitrogens with zero attached hydrogens (tertiary/aromatic N) is 6. The largest absolute Gasteiger partial charge is 0.494 e. The molecule has 6 amide bonds. The fourth-order valence-corrected chi connectivity index (χ4v) is 8.16. The zero-order valence-corrected chi connectivity index (χ0v) is 30.8. The first-order valence-electron chi connectivity index (χ1n) is 18.6. The lowest BCUT2D eigenvalue weighted by atomic mass is 9.85. The smallest absolute Gasteiger partial charge is 0.416 e. The molecule has 4 heterocycles. The number of nitrogens with one attached hydrogen (secondary N) is 2. The molecule has 3 aliphatic heterocycles. The van der Waals surface area contributed by atoms with Crippen molar-refractivity contribution in [3.05, 3.63) is 82.8 Å². The summed E-state index contributed by atoms with van der Waals surface area (Å²) < 4.78 is 63.0. The lowest BCUT2D eigenvalue weighted by molar-refractivity contribution is -0.137. The molecule has 0 bridgehead atoms. The number of halogens is 4. The topological polar surface area (TPSA) is 149 Å². The number of hydrogen-bond donors (Lipinski definition) is 2. The quantitative estimate of drug-likeness (QED) is 0.175. The number of aromatic nitrogens is 2. The van der Waals surface area contributed by atoms with Crippen molar-refractivity contribution >= 4 is 51.9 Å². The lowest BCUT2D eigenvalue weighted by Crippen LogP contribution is -2.58. The van der Waals surface area contributed by atoms with Crippen molar-refractivity contribution in [3.63, 3.8) is 0 Å². The molecule has 4 aliphatic rings. The second-order valence-corrected chi connectivity index (χ2v) is 14.7. The Bertz CT molecular complexity index is 2300. The summed E-state index contributed by atoms with van der Waals surface area (Å²) in [5.74, 6) is -3.02. The number of fused-ring (bicyclic) bond motifs is 2. The predicted molar refractivity (Wildman–Crippen MR) is 197 cm³/mol. The van der Waals surface area contributed by atoms with Crippen molar-refractivity contribution in [2.45, 2.75) is 44.3 Å². The molecule has 1 saturated carbocycles. The van der Waals surface area contributed by atoms with Crippen LogP contribution in [-0.2, 0) is 11.0 Å². The van der Waals surface area contributed by atoms with E-state index >= 15 is 4.39 Å². The van der Waals surface area contributed by atoms with Crippen LogP contribution in [0.25, 0.3) is 10.9 Å². The van der Waals surface area contributed by atoms with Gasteiger partial charge in [0.05, 0.1) is 53.3 Å². The number of amides is 6. The highest BCUT2D eigenvalue weighted by atomic mass is 19.4. The average molecular weight is 791 g/mol. The summed E-state index contributed by atoms with van der Waals surface area (Å²) in [4.78, 5) is 67.4. The standard InChI is InChI=1S/C39H38F4N8O6/c1-57-31-19-28-24(18-29(31)44-35(53)23-3-2-4-25(17-23)39(41,42)43)21-49(46-28)26-7-5-22(6-8-26)20-47-13-15-48(16-14-47)30-10-9-27-33(34(30)40)37(55)51(36(27)54)50-12-11-32(52)45-38(50)56/h2-4,9-10,17-19,21-22,26H,5-8,11-16,20H2,1H3,(H,44,53)(H,45,52,56). The fourth-order valence-electron chi connectivity index (χ4n) is 8.16. The van der Waals surface area contributed by atoms with E-state index in [2.05, 4.69) is 15.5 Å². The summed E-state index contributed by atoms with van der Waals surface area (Å²) >= 11 is 0. The van der Waals surface area contributed by atoms with Crippen molar-refractivity contribution in [1.82, 2.24) is 30.0 Å². The summed E-state index contributed by atoms with van der Waals surface area (Å²) in [7, 11) is 1.44. The molecule has 1 aromatic heterocycles. The number of imide groups is 2. The Morgan fingerprint density at radius 1 is 0.947 bits per heavy atom. The minimum Gasteiger partial charge on any atom is -0.494 e. The molecule has 18 heteroatoms. The van der Waals surface area contributed by atoms with E-state index in [0.717, 1.165) is 54.8 Å². The first kappa shape index (κ1) is 37.9. The van der Waals surface area contributed by atoms with Crippen LogP contribution in [0.1, 0.15) is 74.8 Å². The Morgan fingerprint density at radius 3 is 2.40 bits per heavy atom. The number of hydrazine groups is 1. The van der Waals surface area contributed by atoms with E-state index in [1.54, 1.807) is 12.1 Å². The van der Waals surface area contributed by atoms with Crippen molar-refractivity contribution in [1.29, 1.82) is 0 Å². The molecule has 2 saturated heterocycles. The minimum atomic E-state index is -4.58. The first-order valence-corrected chi connectivity index (χ1v) is 18.6. The van der Waals surface area contributed by atoms with Crippen LogP contribution in [0.15, 0.2) is 54.7 Å². The number of piperazine rings is 1. The van der Waals surface area contributed by atoms with Crippen molar-refractivity contribution in [2.75, 3.05) is 56.6 Å². The molecule has 3 aromatic carbocycles. The third kappa shape index (κ3) is 7.24. The van der Waals surface area contributed by atoms with Crippen molar-refractivity contribution in [2.24, 2.45) is 5.92 Å².